The first kappa shape index (κ1) is 14.9. The van der Waals surface area contributed by atoms with Crippen LogP contribution in [0.15, 0.2) is 0 Å². The highest BCUT2D eigenvalue weighted by atomic mass is 16.5. The number of unbranched alkanes of at least 4 members (excludes halogenated alkanes) is 2. The molecule has 0 amide bonds. The summed E-state index contributed by atoms with van der Waals surface area (Å²) in [6.07, 6.45) is 5.24. The molecule has 2 N–H and O–H groups in total. The summed E-state index contributed by atoms with van der Waals surface area (Å²) in [5.41, 5.74) is 9.11. The lowest BCUT2D eigenvalue weighted by atomic mass is 10.0. The Morgan fingerprint density at radius 2 is 1.78 bits per heavy atom. The predicted molar refractivity (Wildman–Crippen MR) is 73.7 cm³/mol. The Bertz CT molecular complexity index is 366. The first-order valence-corrected chi connectivity index (χ1v) is 6.98. The van der Waals surface area contributed by atoms with E-state index in [0.29, 0.717) is 19.0 Å². The number of hydrogen-bond donors (Lipinski definition) is 1. The van der Waals surface area contributed by atoms with E-state index in [1.54, 1.807) is 0 Å². The second-order valence-electron chi connectivity index (χ2n) is 4.38. The molecule has 18 heavy (non-hydrogen) atoms. The van der Waals surface area contributed by atoms with Crippen molar-refractivity contribution in [2.24, 2.45) is 5.73 Å². The molecule has 1 aromatic rings. The van der Waals surface area contributed by atoms with Crippen molar-refractivity contribution < 1.29 is 4.74 Å². The summed E-state index contributed by atoms with van der Waals surface area (Å²) in [6, 6.07) is 0. The smallest absolute Gasteiger partial charge is 0.238 e. The summed E-state index contributed by atoms with van der Waals surface area (Å²) in [4.78, 5) is 0. The lowest BCUT2D eigenvalue weighted by Crippen LogP contribution is -2.12. The zero-order valence-corrected chi connectivity index (χ0v) is 11.8. The van der Waals surface area contributed by atoms with Crippen LogP contribution in [0.25, 0.3) is 0 Å². The van der Waals surface area contributed by atoms with Gasteiger partial charge in [-0.05, 0) is 24.8 Å². The molecule has 1 aromatic heterocycles. The Balaban J connectivity index is 2.84. The van der Waals surface area contributed by atoms with Crippen molar-refractivity contribution in [3.8, 4) is 5.88 Å². The Morgan fingerprint density at radius 3 is 2.33 bits per heavy atom. The molecule has 1 heterocycles. The van der Waals surface area contributed by atoms with Crippen LogP contribution in [0, 0.1) is 0 Å². The van der Waals surface area contributed by atoms with Gasteiger partial charge in [-0.25, -0.2) is 0 Å². The summed E-state index contributed by atoms with van der Waals surface area (Å²) >= 11 is 0. The maximum atomic E-state index is 5.83. The van der Waals surface area contributed by atoms with Crippen LogP contribution in [-0.2, 0) is 19.4 Å². The third-order valence-corrected chi connectivity index (χ3v) is 3.11. The van der Waals surface area contributed by atoms with Crippen molar-refractivity contribution in [1.29, 1.82) is 0 Å². The summed E-state index contributed by atoms with van der Waals surface area (Å²) in [6.45, 7) is 7.55. The Morgan fingerprint density at radius 1 is 1.00 bits per heavy atom. The summed E-state index contributed by atoms with van der Waals surface area (Å²) < 4.78 is 5.72. The average Bonchev–Trinajstić information content (AvgIpc) is 2.42. The molecule has 0 saturated carbocycles. The number of nitrogens with two attached hydrogens (primary N) is 1. The van der Waals surface area contributed by atoms with Gasteiger partial charge in [0, 0.05) is 12.1 Å². The van der Waals surface area contributed by atoms with Gasteiger partial charge in [-0.1, -0.05) is 33.6 Å². The molecular weight excluding hydrogens is 226 g/mol. The maximum absolute atomic E-state index is 5.83. The van der Waals surface area contributed by atoms with Gasteiger partial charge in [-0.15, -0.1) is 5.10 Å². The largest absolute Gasteiger partial charge is 0.476 e. The highest BCUT2D eigenvalue weighted by molar-refractivity contribution is 5.36. The zero-order chi connectivity index (χ0) is 13.4. The van der Waals surface area contributed by atoms with Crippen LogP contribution in [0.5, 0.6) is 5.88 Å². The lowest BCUT2D eigenvalue weighted by molar-refractivity contribution is 0.287. The van der Waals surface area contributed by atoms with E-state index < -0.39 is 0 Å². The Hall–Kier alpha value is -1.16. The van der Waals surface area contributed by atoms with Crippen LogP contribution in [0.1, 0.15) is 56.9 Å². The van der Waals surface area contributed by atoms with Gasteiger partial charge < -0.3 is 10.5 Å². The first-order valence-electron chi connectivity index (χ1n) is 6.98. The molecule has 0 aromatic carbocycles. The maximum Gasteiger partial charge on any atom is 0.238 e. The minimum absolute atomic E-state index is 0.467. The van der Waals surface area contributed by atoms with Crippen molar-refractivity contribution in [3.63, 3.8) is 0 Å². The minimum atomic E-state index is 0.467. The molecule has 0 spiro atoms. The molecule has 4 nitrogen and oxygen atoms in total. The van der Waals surface area contributed by atoms with E-state index in [2.05, 4.69) is 31.0 Å². The van der Waals surface area contributed by atoms with Crippen molar-refractivity contribution in [2.45, 2.75) is 59.4 Å². The van der Waals surface area contributed by atoms with Crippen LogP contribution >= 0.6 is 0 Å². The van der Waals surface area contributed by atoms with E-state index in [0.717, 1.165) is 30.5 Å². The number of rotatable bonds is 8. The SMILES string of the molecule is CCCCCOc1nnc(CC)c(CC)c1CN. The summed E-state index contributed by atoms with van der Waals surface area (Å²) in [7, 11) is 0. The van der Waals surface area contributed by atoms with Gasteiger partial charge in [-0.2, -0.15) is 5.10 Å². The minimum Gasteiger partial charge on any atom is -0.476 e. The van der Waals surface area contributed by atoms with Gasteiger partial charge in [0.15, 0.2) is 0 Å². The summed E-state index contributed by atoms with van der Waals surface area (Å²) in [5, 5.41) is 8.42. The Labute approximate surface area is 110 Å². The van der Waals surface area contributed by atoms with E-state index in [1.165, 1.54) is 18.4 Å². The van der Waals surface area contributed by atoms with E-state index in [-0.39, 0.29) is 0 Å². The molecule has 0 atom stereocenters. The molecular formula is C14H25N3O. The molecule has 4 heteroatoms. The fourth-order valence-corrected chi connectivity index (χ4v) is 2.08. The lowest BCUT2D eigenvalue weighted by Gasteiger charge is -2.14. The van der Waals surface area contributed by atoms with Crippen LogP contribution in [0.4, 0.5) is 0 Å². The number of ether oxygens (including phenoxy) is 1. The van der Waals surface area contributed by atoms with Crippen LogP contribution in [-0.4, -0.2) is 16.8 Å². The standard InChI is InChI=1S/C14H25N3O/c1-4-7-8-9-18-14-12(10-15)11(5-2)13(6-3)16-17-14/h4-10,15H2,1-3H3. The predicted octanol–water partition coefficient (Wildman–Crippen LogP) is 2.63. The molecule has 0 aliphatic rings. The number of hydrogen-bond acceptors (Lipinski definition) is 4. The highest BCUT2D eigenvalue weighted by Crippen LogP contribution is 2.22. The van der Waals surface area contributed by atoms with E-state index in [1.807, 2.05) is 0 Å². The first-order chi connectivity index (χ1) is 8.78. The van der Waals surface area contributed by atoms with Crippen LogP contribution in [0.3, 0.4) is 0 Å². The molecule has 0 radical (unpaired) electrons. The molecule has 0 saturated heterocycles. The summed E-state index contributed by atoms with van der Waals surface area (Å²) in [5.74, 6) is 0.627. The zero-order valence-electron chi connectivity index (χ0n) is 11.8. The van der Waals surface area contributed by atoms with Crippen molar-refractivity contribution in [3.05, 3.63) is 16.8 Å². The normalized spacial score (nSPS) is 10.7. The monoisotopic (exact) mass is 251 g/mol. The fraction of sp³-hybridized carbons (Fsp3) is 0.714. The second kappa shape index (κ2) is 8.03. The van der Waals surface area contributed by atoms with Crippen molar-refractivity contribution in [2.75, 3.05) is 6.61 Å². The van der Waals surface area contributed by atoms with E-state index in [9.17, 15) is 0 Å². The Kier molecular flexibility index (Phi) is 6.65. The van der Waals surface area contributed by atoms with Crippen molar-refractivity contribution >= 4 is 0 Å². The molecule has 0 aliphatic heterocycles. The van der Waals surface area contributed by atoms with Gasteiger partial charge in [0.05, 0.1) is 12.3 Å². The van der Waals surface area contributed by atoms with Crippen molar-refractivity contribution in [1.82, 2.24) is 10.2 Å². The second-order valence-corrected chi connectivity index (χ2v) is 4.38. The number of aromatic nitrogens is 2. The van der Waals surface area contributed by atoms with E-state index >= 15 is 0 Å². The molecule has 0 unspecified atom stereocenters. The molecule has 0 aliphatic carbocycles. The third kappa shape index (κ3) is 3.67. The van der Waals surface area contributed by atoms with Gasteiger partial charge in [0.2, 0.25) is 5.88 Å². The average molecular weight is 251 g/mol. The molecule has 1 rings (SSSR count). The third-order valence-electron chi connectivity index (χ3n) is 3.11. The van der Waals surface area contributed by atoms with Crippen LogP contribution in [0.2, 0.25) is 0 Å². The van der Waals surface area contributed by atoms with Gasteiger partial charge in [-0.3, -0.25) is 0 Å². The van der Waals surface area contributed by atoms with Gasteiger partial charge in [0.1, 0.15) is 0 Å². The quantitative estimate of drug-likeness (QED) is 0.721. The number of aryl methyl sites for hydroxylation is 1. The van der Waals surface area contributed by atoms with Gasteiger partial charge >= 0.3 is 0 Å². The van der Waals surface area contributed by atoms with Gasteiger partial charge in [0.25, 0.3) is 0 Å². The topological polar surface area (TPSA) is 61.0 Å². The highest BCUT2D eigenvalue weighted by Gasteiger charge is 2.13. The van der Waals surface area contributed by atoms with E-state index in [4.69, 9.17) is 10.5 Å². The fourth-order valence-electron chi connectivity index (χ4n) is 2.08. The van der Waals surface area contributed by atoms with Crippen LogP contribution < -0.4 is 10.5 Å². The molecule has 0 bridgehead atoms. The molecule has 0 fully saturated rings. The number of nitrogens with zero attached hydrogens (tertiary/aromatic N) is 2. The molecule has 102 valence electrons.